The van der Waals surface area contributed by atoms with E-state index in [1.54, 1.807) is 18.2 Å². The standard InChI is InChI=1S/C11H12N2O3/c12-11(3-4-11)9(14)6-1-2-8-7(5-6)13-10(15)16-8/h1-2,5,9,14H,3-4,12H2,(H,13,15). The van der Waals surface area contributed by atoms with Gasteiger partial charge < -0.3 is 15.3 Å². The summed E-state index contributed by atoms with van der Waals surface area (Å²) in [6.45, 7) is 0. The van der Waals surface area contributed by atoms with Gasteiger partial charge in [0.1, 0.15) is 0 Å². The number of aliphatic hydroxyl groups is 1. The van der Waals surface area contributed by atoms with E-state index in [2.05, 4.69) is 4.98 Å². The van der Waals surface area contributed by atoms with Crippen molar-refractivity contribution in [1.82, 2.24) is 4.98 Å². The van der Waals surface area contributed by atoms with Crippen LogP contribution in [-0.2, 0) is 0 Å². The number of nitrogens with two attached hydrogens (primary N) is 1. The maximum Gasteiger partial charge on any atom is 0.417 e. The van der Waals surface area contributed by atoms with Crippen LogP contribution in [0.4, 0.5) is 0 Å². The van der Waals surface area contributed by atoms with Gasteiger partial charge in [-0.25, -0.2) is 4.79 Å². The molecule has 5 nitrogen and oxygen atoms in total. The van der Waals surface area contributed by atoms with Crippen molar-refractivity contribution in [3.8, 4) is 0 Å². The average Bonchev–Trinajstić information content (AvgIpc) is 2.89. The minimum Gasteiger partial charge on any atom is -0.408 e. The number of rotatable bonds is 2. The SMILES string of the molecule is NC1(C(O)c2ccc3oc(=O)[nH]c3c2)CC1. The highest BCUT2D eigenvalue weighted by Gasteiger charge is 2.45. The van der Waals surface area contributed by atoms with Gasteiger partial charge in [0, 0.05) is 5.54 Å². The lowest BCUT2D eigenvalue weighted by molar-refractivity contribution is 0.136. The first kappa shape index (κ1) is 9.62. The molecular formula is C11H12N2O3. The van der Waals surface area contributed by atoms with Crippen molar-refractivity contribution in [3.05, 3.63) is 34.3 Å². The van der Waals surface area contributed by atoms with Crippen molar-refractivity contribution >= 4 is 11.1 Å². The molecule has 0 saturated heterocycles. The zero-order valence-corrected chi connectivity index (χ0v) is 8.56. The van der Waals surface area contributed by atoms with E-state index in [0.29, 0.717) is 16.7 Å². The summed E-state index contributed by atoms with van der Waals surface area (Å²) in [5, 5.41) is 10.0. The first-order valence-electron chi connectivity index (χ1n) is 5.18. The van der Waals surface area contributed by atoms with E-state index in [-0.39, 0.29) is 0 Å². The number of aliphatic hydroxyl groups excluding tert-OH is 1. The molecular weight excluding hydrogens is 208 g/mol. The smallest absolute Gasteiger partial charge is 0.408 e. The number of H-pyrrole nitrogens is 1. The van der Waals surface area contributed by atoms with Gasteiger partial charge in [-0.2, -0.15) is 0 Å². The Morgan fingerprint density at radius 2 is 2.25 bits per heavy atom. The molecule has 84 valence electrons. The number of oxazole rings is 1. The van der Waals surface area contributed by atoms with Crippen molar-refractivity contribution in [3.63, 3.8) is 0 Å². The van der Waals surface area contributed by atoms with Gasteiger partial charge in [0.25, 0.3) is 0 Å². The van der Waals surface area contributed by atoms with Gasteiger partial charge in [0.15, 0.2) is 5.58 Å². The Kier molecular flexibility index (Phi) is 1.78. The molecule has 1 heterocycles. The van der Waals surface area contributed by atoms with Gasteiger partial charge in [-0.05, 0) is 30.5 Å². The molecule has 0 aliphatic heterocycles. The van der Waals surface area contributed by atoms with Crippen LogP contribution in [0.3, 0.4) is 0 Å². The molecule has 16 heavy (non-hydrogen) atoms. The van der Waals surface area contributed by atoms with Gasteiger partial charge in [0.2, 0.25) is 0 Å². The lowest BCUT2D eigenvalue weighted by Gasteiger charge is -2.17. The Bertz CT molecular complexity index is 595. The van der Waals surface area contributed by atoms with Crippen molar-refractivity contribution in [1.29, 1.82) is 0 Å². The van der Waals surface area contributed by atoms with E-state index in [0.717, 1.165) is 12.8 Å². The second kappa shape index (κ2) is 2.96. The van der Waals surface area contributed by atoms with Crippen LogP contribution in [0.15, 0.2) is 27.4 Å². The minimum absolute atomic E-state index is 0.488. The third-order valence-corrected chi connectivity index (χ3v) is 3.13. The fourth-order valence-corrected chi connectivity index (χ4v) is 1.89. The molecule has 1 saturated carbocycles. The predicted molar refractivity (Wildman–Crippen MR) is 57.9 cm³/mol. The number of hydrogen-bond acceptors (Lipinski definition) is 4. The third-order valence-electron chi connectivity index (χ3n) is 3.13. The number of fused-ring (bicyclic) bond motifs is 1. The fraction of sp³-hybridized carbons (Fsp3) is 0.364. The zero-order valence-electron chi connectivity index (χ0n) is 8.56. The molecule has 1 aliphatic rings. The largest absolute Gasteiger partial charge is 0.417 e. The molecule has 3 rings (SSSR count). The minimum atomic E-state index is -0.685. The van der Waals surface area contributed by atoms with E-state index < -0.39 is 17.4 Å². The van der Waals surface area contributed by atoms with E-state index in [9.17, 15) is 9.90 Å². The van der Waals surface area contributed by atoms with Crippen LogP contribution in [0.1, 0.15) is 24.5 Å². The molecule has 1 atom stereocenters. The topological polar surface area (TPSA) is 92.2 Å². The second-order valence-electron chi connectivity index (χ2n) is 4.41. The maximum absolute atomic E-state index is 11.0. The third kappa shape index (κ3) is 1.36. The maximum atomic E-state index is 11.0. The summed E-state index contributed by atoms with van der Waals surface area (Å²) in [5.74, 6) is -0.490. The van der Waals surface area contributed by atoms with Crippen LogP contribution in [0.25, 0.3) is 11.1 Å². The molecule has 5 heteroatoms. The van der Waals surface area contributed by atoms with Crippen LogP contribution >= 0.6 is 0 Å². The Morgan fingerprint density at radius 1 is 1.50 bits per heavy atom. The molecule has 1 aromatic carbocycles. The molecule has 4 N–H and O–H groups in total. The predicted octanol–water partition coefficient (Wildman–Crippen LogP) is 0.646. The summed E-state index contributed by atoms with van der Waals surface area (Å²) in [5.41, 5.74) is 7.23. The first-order chi connectivity index (χ1) is 7.58. The Hall–Kier alpha value is -1.59. The van der Waals surface area contributed by atoms with Crippen LogP contribution in [0, 0.1) is 0 Å². The fourth-order valence-electron chi connectivity index (χ4n) is 1.89. The molecule has 0 amide bonds. The van der Waals surface area contributed by atoms with Gasteiger partial charge in [-0.1, -0.05) is 6.07 Å². The summed E-state index contributed by atoms with van der Waals surface area (Å²) in [7, 11) is 0. The van der Waals surface area contributed by atoms with Crippen LogP contribution in [0.2, 0.25) is 0 Å². The Labute approximate surface area is 90.9 Å². The monoisotopic (exact) mass is 220 g/mol. The van der Waals surface area contributed by atoms with Crippen LogP contribution < -0.4 is 11.5 Å². The zero-order chi connectivity index (χ0) is 11.3. The van der Waals surface area contributed by atoms with E-state index in [1.807, 2.05) is 0 Å². The quantitative estimate of drug-likeness (QED) is 0.692. The summed E-state index contributed by atoms with van der Waals surface area (Å²) in [6.07, 6.45) is 0.970. The first-order valence-corrected chi connectivity index (χ1v) is 5.18. The van der Waals surface area contributed by atoms with E-state index >= 15 is 0 Å². The normalized spacial score (nSPS) is 19.9. The number of hydrogen-bond donors (Lipinski definition) is 3. The average molecular weight is 220 g/mol. The Balaban J connectivity index is 2.07. The molecule has 1 aromatic heterocycles. The molecule has 1 aliphatic carbocycles. The van der Waals surface area contributed by atoms with Crippen molar-refractivity contribution < 1.29 is 9.52 Å². The summed E-state index contributed by atoms with van der Waals surface area (Å²) < 4.78 is 4.88. The molecule has 1 fully saturated rings. The van der Waals surface area contributed by atoms with Crippen molar-refractivity contribution in [2.24, 2.45) is 5.73 Å². The van der Waals surface area contributed by atoms with Crippen molar-refractivity contribution in [2.75, 3.05) is 0 Å². The molecule has 0 bridgehead atoms. The number of nitrogens with one attached hydrogen (secondary N) is 1. The lowest BCUT2D eigenvalue weighted by Crippen LogP contribution is -2.30. The molecule has 0 spiro atoms. The van der Waals surface area contributed by atoms with E-state index in [4.69, 9.17) is 10.2 Å². The summed E-state index contributed by atoms with van der Waals surface area (Å²) in [6, 6.07) is 5.10. The molecule has 2 aromatic rings. The van der Waals surface area contributed by atoms with Gasteiger partial charge in [-0.15, -0.1) is 0 Å². The second-order valence-corrected chi connectivity index (χ2v) is 4.41. The highest BCUT2D eigenvalue weighted by molar-refractivity contribution is 5.73. The Morgan fingerprint density at radius 3 is 2.94 bits per heavy atom. The molecule has 0 radical (unpaired) electrons. The number of aromatic amines is 1. The van der Waals surface area contributed by atoms with Gasteiger partial charge >= 0.3 is 5.76 Å². The highest BCUT2D eigenvalue weighted by atomic mass is 16.4. The van der Waals surface area contributed by atoms with Gasteiger partial charge in [-0.3, -0.25) is 4.98 Å². The van der Waals surface area contributed by atoms with Crippen molar-refractivity contribution in [2.45, 2.75) is 24.5 Å². The number of benzene rings is 1. The highest BCUT2D eigenvalue weighted by Crippen LogP contribution is 2.43. The lowest BCUT2D eigenvalue weighted by atomic mass is 10.0. The van der Waals surface area contributed by atoms with Crippen LogP contribution in [0.5, 0.6) is 0 Å². The number of aromatic nitrogens is 1. The van der Waals surface area contributed by atoms with Gasteiger partial charge in [0.05, 0.1) is 11.6 Å². The summed E-state index contributed by atoms with van der Waals surface area (Å²) in [4.78, 5) is 13.5. The van der Waals surface area contributed by atoms with Crippen LogP contribution in [-0.4, -0.2) is 15.6 Å². The van der Waals surface area contributed by atoms with E-state index in [1.165, 1.54) is 0 Å². The molecule has 1 unspecified atom stereocenters. The summed E-state index contributed by atoms with van der Waals surface area (Å²) >= 11 is 0.